The molecule has 2 heterocycles. The van der Waals surface area contributed by atoms with E-state index in [-0.39, 0.29) is 5.91 Å². The van der Waals surface area contributed by atoms with Crippen LogP contribution in [0.3, 0.4) is 0 Å². The third-order valence-electron chi connectivity index (χ3n) is 4.40. The highest BCUT2D eigenvalue weighted by atomic mass is 16.2. The maximum absolute atomic E-state index is 12.8. The molecule has 2 aliphatic rings. The Balaban J connectivity index is 1.84. The number of hydrogen-bond donors (Lipinski definition) is 2. The second kappa shape index (κ2) is 5.13. The number of primary amides is 1. The molecule has 0 bridgehead atoms. The highest BCUT2D eigenvalue weighted by Crippen LogP contribution is 2.30. The van der Waals surface area contributed by atoms with Crippen molar-refractivity contribution in [2.45, 2.75) is 30.8 Å². The van der Waals surface area contributed by atoms with Crippen molar-refractivity contribution in [1.82, 2.24) is 10.0 Å². The molecule has 112 valence electrons. The molecule has 0 aromatic heterocycles. The van der Waals surface area contributed by atoms with Gasteiger partial charge in [0.1, 0.15) is 11.6 Å². The van der Waals surface area contributed by atoms with Gasteiger partial charge >= 0.3 is 0 Å². The van der Waals surface area contributed by atoms with Gasteiger partial charge in [-0.1, -0.05) is 30.3 Å². The lowest BCUT2D eigenvalue weighted by Gasteiger charge is -2.44. The molecule has 4 N–H and O–H groups in total. The SMILES string of the molecule is NC(=O)[C@@H]1CCN2CC[C@@](N)(Cc3ccccc3)C(=O)N12. The molecule has 0 aliphatic carbocycles. The van der Waals surface area contributed by atoms with Gasteiger partial charge in [-0.15, -0.1) is 0 Å². The normalized spacial score (nSPS) is 29.5. The molecule has 6 heteroatoms. The molecule has 0 radical (unpaired) electrons. The second-order valence-electron chi connectivity index (χ2n) is 5.88. The topological polar surface area (TPSA) is 92.7 Å². The summed E-state index contributed by atoms with van der Waals surface area (Å²) in [5.74, 6) is -0.659. The van der Waals surface area contributed by atoms with Gasteiger partial charge in [0.15, 0.2) is 0 Å². The summed E-state index contributed by atoms with van der Waals surface area (Å²) in [7, 11) is 0. The van der Waals surface area contributed by atoms with Crippen molar-refractivity contribution in [3.63, 3.8) is 0 Å². The second-order valence-corrected chi connectivity index (χ2v) is 5.88. The third-order valence-corrected chi connectivity index (χ3v) is 4.40. The molecule has 0 spiro atoms. The van der Waals surface area contributed by atoms with Crippen molar-refractivity contribution < 1.29 is 9.59 Å². The Bertz CT molecular complexity index is 562. The van der Waals surface area contributed by atoms with Gasteiger partial charge in [-0.2, -0.15) is 0 Å². The standard InChI is InChI=1S/C15H20N4O2/c16-13(20)12-6-8-18-9-7-15(17,14(21)19(12)18)10-11-4-2-1-3-5-11/h1-5,12H,6-10,17H2,(H2,16,20)/t12-,15+/m0/s1. The van der Waals surface area contributed by atoms with Crippen LogP contribution in [0.15, 0.2) is 30.3 Å². The number of nitrogens with two attached hydrogens (primary N) is 2. The Morgan fingerprint density at radius 2 is 2.00 bits per heavy atom. The zero-order valence-corrected chi connectivity index (χ0v) is 11.9. The first-order chi connectivity index (χ1) is 10.0. The van der Waals surface area contributed by atoms with Crippen LogP contribution in [0, 0.1) is 0 Å². The summed E-state index contributed by atoms with van der Waals surface area (Å²) in [5, 5.41) is 3.39. The molecule has 3 rings (SSSR count). The van der Waals surface area contributed by atoms with Gasteiger partial charge in [0, 0.05) is 13.1 Å². The number of amides is 2. The number of hydrazine groups is 1. The van der Waals surface area contributed by atoms with Crippen molar-refractivity contribution >= 4 is 11.8 Å². The van der Waals surface area contributed by atoms with Crippen LogP contribution in [0.2, 0.25) is 0 Å². The fourth-order valence-corrected chi connectivity index (χ4v) is 3.24. The van der Waals surface area contributed by atoms with Gasteiger partial charge in [-0.3, -0.25) is 14.6 Å². The quantitative estimate of drug-likeness (QED) is 0.794. The molecule has 2 aliphatic heterocycles. The highest BCUT2D eigenvalue weighted by Gasteiger charge is 2.50. The van der Waals surface area contributed by atoms with Crippen LogP contribution in [0.25, 0.3) is 0 Å². The van der Waals surface area contributed by atoms with Gasteiger partial charge in [-0.05, 0) is 24.8 Å². The molecule has 2 fully saturated rings. The van der Waals surface area contributed by atoms with E-state index in [1.54, 1.807) is 0 Å². The van der Waals surface area contributed by atoms with E-state index in [4.69, 9.17) is 11.5 Å². The Labute approximate surface area is 123 Å². The molecule has 6 nitrogen and oxygen atoms in total. The van der Waals surface area contributed by atoms with Gasteiger partial charge in [0.05, 0.1) is 0 Å². The summed E-state index contributed by atoms with van der Waals surface area (Å²) in [4.78, 5) is 24.3. The monoisotopic (exact) mass is 288 g/mol. The van der Waals surface area contributed by atoms with Crippen molar-refractivity contribution in [2.24, 2.45) is 11.5 Å². The molecule has 0 unspecified atom stereocenters. The van der Waals surface area contributed by atoms with Crippen molar-refractivity contribution in [3.8, 4) is 0 Å². The minimum absolute atomic E-state index is 0.195. The van der Waals surface area contributed by atoms with Crippen LogP contribution in [0.1, 0.15) is 18.4 Å². The number of rotatable bonds is 3. The van der Waals surface area contributed by atoms with Crippen LogP contribution in [-0.4, -0.2) is 46.5 Å². The highest BCUT2D eigenvalue weighted by molar-refractivity contribution is 5.92. The molecule has 1 aromatic rings. The number of nitrogens with zero attached hydrogens (tertiary/aromatic N) is 2. The van der Waals surface area contributed by atoms with E-state index in [0.717, 1.165) is 5.56 Å². The minimum Gasteiger partial charge on any atom is -0.368 e. The Hall–Kier alpha value is -1.92. The predicted octanol–water partition coefficient (Wildman–Crippen LogP) is -0.366. The summed E-state index contributed by atoms with van der Waals surface area (Å²) in [6.07, 6.45) is 1.65. The van der Waals surface area contributed by atoms with Crippen LogP contribution in [-0.2, 0) is 16.0 Å². The van der Waals surface area contributed by atoms with Crippen LogP contribution in [0.5, 0.6) is 0 Å². The van der Waals surface area contributed by atoms with Gasteiger partial charge in [-0.25, -0.2) is 5.01 Å². The van der Waals surface area contributed by atoms with E-state index < -0.39 is 17.5 Å². The Morgan fingerprint density at radius 1 is 1.29 bits per heavy atom. The number of benzene rings is 1. The summed E-state index contributed by atoms with van der Waals surface area (Å²) in [6.45, 7) is 1.36. The largest absolute Gasteiger partial charge is 0.368 e. The Morgan fingerprint density at radius 3 is 2.67 bits per heavy atom. The average molecular weight is 288 g/mol. The van der Waals surface area contributed by atoms with E-state index >= 15 is 0 Å². The summed E-state index contributed by atoms with van der Waals surface area (Å²) in [6, 6.07) is 9.16. The molecule has 1 aromatic carbocycles. The number of fused-ring (bicyclic) bond motifs is 1. The van der Waals surface area contributed by atoms with Crippen molar-refractivity contribution in [3.05, 3.63) is 35.9 Å². The summed E-state index contributed by atoms with van der Waals surface area (Å²) < 4.78 is 0. The van der Waals surface area contributed by atoms with E-state index in [0.29, 0.717) is 32.4 Å². The lowest BCUT2D eigenvalue weighted by atomic mass is 9.86. The lowest BCUT2D eigenvalue weighted by molar-refractivity contribution is -0.164. The van der Waals surface area contributed by atoms with Crippen LogP contribution < -0.4 is 11.5 Å². The molecule has 0 saturated carbocycles. The average Bonchev–Trinajstić information content (AvgIpc) is 2.89. The Kier molecular flexibility index (Phi) is 3.43. The number of hydrogen-bond acceptors (Lipinski definition) is 4. The zero-order valence-electron chi connectivity index (χ0n) is 11.9. The predicted molar refractivity (Wildman–Crippen MR) is 77.7 cm³/mol. The maximum Gasteiger partial charge on any atom is 0.258 e. The maximum atomic E-state index is 12.8. The van der Waals surface area contributed by atoms with Crippen LogP contribution >= 0.6 is 0 Å². The third kappa shape index (κ3) is 2.41. The smallest absolute Gasteiger partial charge is 0.258 e. The molecule has 2 amide bonds. The first kappa shape index (κ1) is 14.0. The molecular weight excluding hydrogens is 268 g/mol. The first-order valence-electron chi connectivity index (χ1n) is 7.22. The minimum atomic E-state index is -0.962. The first-order valence-corrected chi connectivity index (χ1v) is 7.22. The van der Waals surface area contributed by atoms with Gasteiger partial charge in [0.25, 0.3) is 5.91 Å². The molecular formula is C15H20N4O2. The van der Waals surface area contributed by atoms with Gasteiger partial charge < -0.3 is 11.5 Å². The van der Waals surface area contributed by atoms with Crippen molar-refractivity contribution in [1.29, 1.82) is 0 Å². The lowest BCUT2D eigenvalue weighted by Crippen LogP contribution is -2.67. The van der Waals surface area contributed by atoms with E-state index in [1.165, 1.54) is 5.01 Å². The molecule has 2 atom stereocenters. The fourth-order valence-electron chi connectivity index (χ4n) is 3.24. The number of carbonyl (C=O) groups is 2. The summed E-state index contributed by atoms with van der Waals surface area (Å²) in [5.41, 5.74) is 11.9. The number of carbonyl (C=O) groups excluding carboxylic acids is 2. The van der Waals surface area contributed by atoms with Crippen LogP contribution in [0.4, 0.5) is 0 Å². The molecule has 2 saturated heterocycles. The van der Waals surface area contributed by atoms with E-state index in [1.807, 2.05) is 35.3 Å². The molecule has 21 heavy (non-hydrogen) atoms. The van der Waals surface area contributed by atoms with Crippen molar-refractivity contribution in [2.75, 3.05) is 13.1 Å². The zero-order chi connectivity index (χ0) is 15.0. The summed E-state index contributed by atoms with van der Waals surface area (Å²) >= 11 is 0. The van der Waals surface area contributed by atoms with E-state index in [2.05, 4.69) is 0 Å². The fraction of sp³-hybridized carbons (Fsp3) is 0.467. The van der Waals surface area contributed by atoms with Gasteiger partial charge in [0.2, 0.25) is 5.91 Å². The van der Waals surface area contributed by atoms with E-state index in [9.17, 15) is 9.59 Å².